The van der Waals surface area contributed by atoms with Gasteiger partial charge in [0, 0.05) is 12.3 Å². The Hall–Kier alpha value is -0.920. The highest BCUT2D eigenvalue weighted by atomic mass is 16.2. The molecular formula is C14H22O2. The van der Waals surface area contributed by atoms with Crippen LogP contribution in [0.15, 0.2) is 13.2 Å². The summed E-state index contributed by atoms with van der Waals surface area (Å²) >= 11 is 0. The van der Waals surface area contributed by atoms with Gasteiger partial charge in [0.2, 0.25) is 5.78 Å². The van der Waals surface area contributed by atoms with Crippen LogP contribution in [0, 0.1) is 11.8 Å². The Morgan fingerprint density at radius 3 is 2.12 bits per heavy atom. The maximum Gasteiger partial charge on any atom is 0.201 e. The summed E-state index contributed by atoms with van der Waals surface area (Å²) < 4.78 is 0. The zero-order valence-electron chi connectivity index (χ0n) is 10.0. The van der Waals surface area contributed by atoms with Crippen molar-refractivity contribution in [1.29, 1.82) is 0 Å². The quantitative estimate of drug-likeness (QED) is 0.504. The molecule has 2 heteroatoms. The second kappa shape index (κ2) is 6.62. The predicted octanol–water partition coefficient (Wildman–Crippen LogP) is 3.31. The van der Waals surface area contributed by atoms with Crippen LogP contribution in [0.2, 0.25) is 0 Å². The molecule has 2 saturated carbocycles. The lowest BCUT2D eigenvalue weighted by atomic mass is 9.72. The van der Waals surface area contributed by atoms with E-state index in [0.717, 1.165) is 12.8 Å². The first-order chi connectivity index (χ1) is 7.79. The molecule has 0 aromatic heterocycles. The Morgan fingerprint density at radius 1 is 0.875 bits per heavy atom. The molecule has 1 atom stereocenters. The summed E-state index contributed by atoms with van der Waals surface area (Å²) in [5.74, 6) is 0.465. The standard InChI is InChI=1S/C12H18O2.C2H4/c13-11-8-4-7-10(12(11)14)9-5-2-1-3-6-9;1-2/h9-10H,1-8H2;1-2H2. The van der Waals surface area contributed by atoms with E-state index in [4.69, 9.17) is 0 Å². The van der Waals surface area contributed by atoms with E-state index < -0.39 is 0 Å². The van der Waals surface area contributed by atoms with Gasteiger partial charge in [-0.15, -0.1) is 13.2 Å². The van der Waals surface area contributed by atoms with E-state index in [1.165, 1.54) is 32.1 Å². The van der Waals surface area contributed by atoms with Gasteiger partial charge in [-0.05, 0) is 31.6 Å². The number of hydrogen-bond acceptors (Lipinski definition) is 2. The van der Waals surface area contributed by atoms with Crippen molar-refractivity contribution in [2.24, 2.45) is 11.8 Å². The van der Waals surface area contributed by atoms with Crippen LogP contribution in [0.25, 0.3) is 0 Å². The van der Waals surface area contributed by atoms with Crippen LogP contribution < -0.4 is 0 Å². The van der Waals surface area contributed by atoms with Crippen LogP contribution in [-0.4, -0.2) is 11.6 Å². The second-order valence-corrected chi connectivity index (χ2v) is 4.68. The monoisotopic (exact) mass is 222 g/mol. The molecule has 90 valence electrons. The lowest BCUT2D eigenvalue weighted by Crippen LogP contribution is -2.34. The topological polar surface area (TPSA) is 34.1 Å². The fraction of sp³-hybridized carbons (Fsp3) is 0.714. The van der Waals surface area contributed by atoms with Crippen LogP contribution >= 0.6 is 0 Å². The summed E-state index contributed by atoms with van der Waals surface area (Å²) in [6, 6.07) is 0. The third kappa shape index (κ3) is 3.03. The number of Topliss-reactive ketones (excluding diaryl/α,β-unsaturated/α-hetero) is 2. The van der Waals surface area contributed by atoms with E-state index >= 15 is 0 Å². The van der Waals surface area contributed by atoms with Gasteiger partial charge < -0.3 is 0 Å². The Morgan fingerprint density at radius 2 is 1.50 bits per heavy atom. The summed E-state index contributed by atoms with van der Waals surface area (Å²) in [4.78, 5) is 23.0. The average Bonchev–Trinajstić information content (AvgIpc) is 2.36. The Bertz CT molecular complexity index is 251. The molecule has 2 nitrogen and oxygen atoms in total. The molecule has 0 radical (unpaired) electrons. The van der Waals surface area contributed by atoms with E-state index in [1.54, 1.807) is 0 Å². The largest absolute Gasteiger partial charge is 0.291 e. The first kappa shape index (κ1) is 13.1. The number of hydrogen-bond donors (Lipinski definition) is 0. The van der Waals surface area contributed by atoms with Crippen molar-refractivity contribution in [3.8, 4) is 0 Å². The maximum absolute atomic E-state index is 11.7. The van der Waals surface area contributed by atoms with E-state index in [2.05, 4.69) is 13.2 Å². The number of carbonyl (C=O) groups is 2. The molecule has 0 aliphatic heterocycles. The summed E-state index contributed by atoms with van der Waals surface area (Å²) in [5.41, 5.74) is 0. The van der Waals surface area contributed by atoms with Crippen molar-refractivity contribution in [2.75, 3.05) is 0 Å². The smallest absolute Gasteiger partial charge is 0.201 e. The van der Waals surface area contributed by atoms with Crippen molar-refractivity contribution in [2.45, 2.75) is 51.4 Å². The Balaban J connectivity index is 0.000000606. The fourth-order valence-corrected chi connectivity index (χ4v) is 2.93. The molecule has 2 aliphatic rings. The highest BCUT2D eigenvalue weighted by Gasteiger charge is 2.35. The van der Waals surface area contributed by atoms with Crippen molar-refractivity contribution >= 4 is 11.6 Å². The maximum atomic E-state index is 11.7. The molecule has 0 saturated heterocycles. The van der Waals surface area contributed by atoms with Gasteiger partial charge in [0.25, 0.3) is 0 Å². The minimum absolute atomic E-state index is 0.0526. The molecule has 0 amide bonds. The Labute approximate surface area is 98.1 Å². The minimum atomic E-state index is -0.105. The van der Waals surface area contributed by atoms with Gasteiger partial charge in [0.05, 0.1) is 0 Å². The zero-order valence-corrected chi connectivity index (χ0v) is 10.0. The van der Waals surface area contributed by atoms with Crippen molar-refractivity contribution in [1.82, 2.24) is 0 Å². The van der Waals surface area contributed by atoms with Crippen LogP contribution in [0.3, 0.4) is 0 Å². The van der Waals surface area contributed by atoms with Crippen LogP contribution in [0.4, 0.5) is 0 Å². The first-order valence-corrected chi connectivity index (χ1v) is 6.36. The third-order valence-electron chi connectivity index (χ3n) is 3.75. The molecule has 0 aromatic rings. The van der Waals surface area contributed by atoms with E-state index in [1.807, 2.05) is 0 Å². The number of carbonyl (C=O) groups excluding carboxylic acids is 2. The van der Waals surface area contributed by atoms with Crippen LogP contribution in [0.5, 0.6) is 0 Å². The van der Waals surface area contributed by atoms with Crippen LogP contribution in [-0.2, 0) is 9.59 Å². The summed E-state index contributed by atoms with van der Waals surface area (Å²) in [5, 5.41) is 0. The van der Waals surface area contributed by atoms with E-state index in [9.17, 15) is 9.59 Å². The normalized spacial score (nSPS) is 27.1. The van der Waals surface area contributed by atoms with E-state index in [-0.39, 0.29) is 17.5 Å². The van der Waals surface area contributed by atoms with Crippen molar-refractivity contribution < 1.29 is 9.59 Å². The zero-order chi connectivity index (χ0) is 12.0. The van der Waals surface area contributed by atoms with E-state index in [0.29, 0.717) is 12.3 Å². The summed E-state index contributed by atoms with van der Waals surface area (Å²) in [7, 11) is 0. The van der Waals surface area contributed by atoms with Gasteiger partial charge in [-0.25, -0.2) is 0 Å². The number of ketones is 2. The molecule has 2 rings (SSSR count). The van der Waals surface area contributed by atoms with Gasteiger partial charge in [-0.2, -0.15) is 0 Å². The third-order valence-corrected chi connectivity index (χ3v) is 3.75. The molecule has 2 aliphatic carbocycles. The molecule has 0 spiro atoms. The number of rotatable bonds is 1. The van der Waals surface area contributed by atoms with Gasteiger partial charge >= 0.3 is 0 Å². The fourth-order valence-electron chi connectivity index (χ4n) is 2.93. The summed E-state index contributed by atoms with van der Waals surface area (Å²) in [6.45, 7) is 6.00. The lowest BCUT2D eigenvalue weighted by Gasteiger charge is -2.30. The lowest BCUT2D eigenvalue weighted by molar-refractivity contribution is -0.142. The highest BCUT2D eigenvalue weighted by Crippen LogP contribution is 2.35. The summed E-state index contributed by atoms with van der Waals surface area (Å²) in [6.07, 6.45) is 8.56. The van der Waals surface area contributed by atoms with Crippen molar-refractivity contribution in [3.05, 3.63) is 13.2 Å². The molecule has 2 fully saturated rings. The van der Waals surface area contributed by atoms with Gasteiger partial charge in [0.1, 0.15) is 0 Å². The highest BCUT2D eigenvalue weighted by molar-refractivity contribution is 6.38. The Kier molecular flexibility index (Phi) is 5.44. The molecule has 0 N–H and O–H groups in total. The SMILES string of the molecule is C=C.O=C1CCCC(C2CCCCC2)C1=O. The minimum Gasteiger partial charge on any atom is -0.291 e. The molecular weight excluding hydrogens is 200 g/mol. The predicted molar refractivity (Wildman–Crippen MR) is 65.2 cm³/mol. The average molecular weight is 222 g/mol. The molecule has 1 unspecified atom stereocenters. The van der Waals surface area contributed by atoms with Crippen LogP contribution in [0.1, 0.15) is 51.4 Å². The molecule has 16 heavy (non-hydrogen) atoms. The molecule has 0 bridgehead atoms. The second-order valence-electron chi connectivity index (χ2n) is 4.68. The van der Waals surface area contributed by atoms with Gasteiger partial charge in [-0.1, -0.05) is 19.3 Å². The van der Waals surface area contributed by atoms with Crippen molar-refractivity contribution in [3.63, 3.8) is 0 Å². The molecule has 0 aromatic carbocycles. The first-order valence-electron chi connectivity index (χ1n) is 6.36. The van der Waals surface area contributed by atoms with Gasteiger partial charge in [-0.3, -0.25) is 9.59 Å². The van der Waals surface area contributed by atoms with Gasteiger partial charge in [0.15, 0.2) is 5.78 Å². The molecule has 0 heterocycles.